The smallest absolute Gasteiger partial charge is 0.277 e. The van der Waals surface area contributed by atoms with Gasteiger partial charge in [0.2, 0.25) is 0 Å². The topological polar surface area (TPSA) is 65.4 Å². The van der Waals surface area contributed by atoms with Gasteiger partial charge in [0.05, 0.1) is 12.6 Å². The fourth-order valence-corrected chi connectivity index (χ4v) is 4.96. The molecular formula is C16H15NO4S2. The van der Waals surface area contributed by atoms with E-state index in [9.17, 15) is 13.2 Å². The molecule has 3 rings (SSSR count). The SMILES string of the molecule is COc1ccc2c(c1)c(CCC=O)cn2S(=O)(=O)c1cccs1. The lowest BCUT2D eigenvalue weighted by atomic mass is 10.1. The number of aryl methyl sites for hydroxylation is 1. The number of benzene rings is 1. The molecule has 23 heavy (non-hydrogen) atoms. The van der Waals surface area contributed by atoms with E-state index in [1.54, 1.807) is 49.0 Å². The first kappa shape index (κ1) is 15.8. The Labute approximate surface area is 138 Å². The number of carbonyl (C=O) groups excluding carboxylic acids is 1. The van der Waals surface area contributed by atoms with Crippen molar-refractivity contribution >= 4 is 38.5 Å². The van der Waals surface area contributed by atoms with Gasteiger partial charge in [0.1, 0.15) is 16.2 Å². The van der Waals surface area contributed by atoms with Crippen molar-refractivity contribution in [3.63, 3.8) is 0 Å². The molecule has 120 valence electrons. The van der Waals surface area contributed by atoms with Gasteiger partial charge in [-0.3, -0.25) is 0 Å². The number of carbonyl (C=O) groups is 1. The standard InChI is InChI=1S/C16H15NO4S2/c1-21-13-6-7-15-14(10-13)12(4-2-8-18)11-17(15)23(19,20)16-5-3-9-22-16/h3,5-11H,2,4H2,1H3. The van der Waals surface area contributed by atoms with Crippen LogP contribution in [0.15, 0.2) is 46.1 Å². The lowest BCUT2D eigenvalue weighted by Crippen LogP contribution is -2.10. The second-order valence-corrected chi connectivity index (χ2v) is 7.97. The van der Waals surface area contributed by atoms with Crippen LogP contribution in [0.25, 0.3) is 10.9 Å². The van der Waals surface area contributed by atoms with Gasteiger partial charge in [-0.05, 0) is 41.6 Å². The maximum Gasteiger partial charge on any atom is 0.277 e. The summed E-state index contributed by atoms with van der Waals surface area (Å²) in [6, 6.07) is 8.55. The van der Waals surface area contributed by atoms with Crippen LogP contribution in [0.3, 0.4) is 0 Å². The first-order valence-electron chi connectivity index (χ1n) is 6.98. The van der Waals surface area contributed by atoms with E-state index in [1.165, 1.54) is 15.3 Å². The maximum atomic E-state index is 12.8. The first-order valence-corrected chi connectivity index (χ1v) is 9.30. The summed E-state index contributed by atoms with van der Waals surface area (Å²) in [5, 5.41) is 2.51. The van der Waals surface area contributed by atoms with E-state index in [0.717, 1.165) is 17.2 Å². The van der Waals surface area contributed by atoms with Gasteiger partial charge in [0.25, 0.3) is 10.0 Å². The summed E-state index contributed by atoms with van der Waals surface area (Å²) in [6.07, 6.45) is 3.26. The van der Waals surface area contributed by atoms with Gasteiger partial charge >= 0.3 is 0 Å². The number of hydrogen-bond acceptors (Lipinski definition) is 5. The van der Waals surface area contributed by atoms with Gasteiger partial charge in [-0.25, -0.2) is 3.97 Å². The van der Waals surface area contributed by atoms with Crippen molar-refractivity contribution in [2.45, 2.75) is 17.1 Å². The third kappa shape index (κ3) is 2.77. The number of rotatable bonds is 6. The highest BCUT2D eigenvalue weighted by atomic mass is 32.2. The summed E-state index contributed by atoms with van der Waals surface area (Å²) in [5.41, 5.74) is 1.39. The van der Waals surface area contributed by atoms with Crippen LogP contribution in [0.1, 0.15) is 12.0 Å². The molecule has 0 saturated carbocycles. The highest BCUT2D eigenvalue weighted by molar-refractivity contribution is 7.92. The molecule has 5 nitrogen and oxygen atoms in total. The molecule has 0 fully saturated rings. The number of thiophene rings is 1. The third-order valence-electron chi connectivity index (χ3n) is 3.60. The molecule has 0 aliphatic carbocycles. The van der Waals surface area contributed by atoms with Crippen molar-refractivity contribution in [3.8, 4) is 5.75 Å². The Morgan fingerprint density at radius 1 is 1.30 bits per heavy atom. The summed E-state index contributed by atoms with van der Waals surface area (Å²) in [5.74, 6) is 0.649. The van der Waals surface area contributed by atoms with E-state index in [2.05, 4.69) is 0 Å². The van der Waals surface area contributed by atoms with Crippen LogP contribution < -0.4 is 4.74 Å². The Kier molecular flexibility index (Phi) is 4.23. The second kappa shape index (κ2) is 6.17. The van der Waals surface area contributed by atoms with Gasteiger partial charge in [0.15, 0.2) is 0 Å². The normalized spacial score (nSPS) is 11.7. The van der Waals surface area contributed by atoms with Crippen LogP contribution in [0.4, 0.5) is 0 Å². The molecule has 2 aromatic heterocycles. The minimum Gasteiger partial charge on any atom is -0.497 e. The fourth-order valence-electron chi connectivity index (χ4n) is 2.49. The molecule has 0 N–H and O–H groups in total. The minimum absolute atomic E-state index is 0.284. The molecule has 0 atom stereocenters. The molecule has 0 amide bonds. The zero-order valence-electron chi connectivity index (χ0n) is 12.4. The molecule has 0 aliphatic heterocycles. The Morgan fingerprint density at radius 3 is 2.78 bits per heavy atom. The van der Waals surface area contributed by atoms with E-state index >= 15 is 0 Å². The maximum absolute atomic E-state index is 12.8. The summed E-state index contributed by atoms with van der Waals surface area (Å²) >= 11 is 1.18. The molecule has 0 radical (unpaired) electrons. The van der Waals surface area contributed by atoms with Gasteiger partial charge < -0.3 is 9.53 Å². The van der Waals surface area contributed by atoms with Gasteiger partial charge in [-0.15, -0.1) is 11.3 Å². The lowest BCUT2D eigenvalue weighted by Gasteiger charge is -2.06. The number of aldehydes is 1. The molecule has 0 bridgehead atoms. The second-order valence-electron chi connectivity index (χ2n) is 4.98. The van der Waals surface area contributed by atoms with Crippen molar-refractivity contribution in [2.75, 3.05) is 7.11 Å². The molecule has 1 aromatic carbocycles. The Balaban J connectivity index is 2.23. The summed E-state index contributed by atoms with van der Waals surface area (Å²) in [4.78, 5) is 10.7. The van der Waals surface area contributed by atoms with Crippen molar-refractivity contribution in [3.05, 3.63) is 47.5 Å². The molecule has 2 heterocycles. The van der Waals surface area contributed by atoms with E-state index < -0.39 is 10.0 Å². The number of hydrogen-bond donors (Lipinski definition) is 0. The zero-order valence-corrected chi connectivity index (χ0v) is 14.1. The summed E-state index contributed by atoms with van der Waals surface area (Å²) < 4.78 is 32.4. The molecule has 0 saturated heterocycles. The van der Waals surface area contributed by atoms with E-state index in [0.29, 0.717) is 24.1 Å². The Morgan fingerprint density at radius 2 is 2.13 bits per heavy atom. The number of methoxy groups -OCH3 is 1. The van der Waals surface area contributed by atoms with Crippen LogP contribution in [-0.4, -0.2) is 25.8 Å². The van der Waals surface area contributed by atoms with Crippen LogP contribution in [-0.2, 0) is 21.2 Å². The van der Waals surface area contributed by atoms with E-state index in [1.807, 2.05) is 0 Å². The Hall–Kier alpha value is -2.12. The quantitative estimate of drug-likeness (QED) is 0.642. The van der Waals surface area contributed by atoms with Crippen LogP contribution >= 0.6 is 11.3 Å². The highest BCUT2D eigenvalue weighted by Gasteiger charge is 2.22. The number of ether oxygens (including phenoxy) is 1. The fraction of sp³-hybridized carbons (Fsp3) is 0.188. The van der Waals surface area contributed by atoms with Crippen LogP contribution in [0, 0.1) is 0 Å². The predicted octanol–water partition coefficient (Wildman–Crippen LogP) is 3.08. The van der Waals surface area contributed by atoms with Gasteiger partial charge in [-0.2, -0.15) is 8.42 Å². The zero-order chi connectivity index (χ0) is 16.4. The van der Waals surface area contributed by atoms with Crippen LogP contribution in [0.2, 0.25) is 0 Å². The van der Waals surface area contributed by atoms with Crippen molar-refractivity contribution in [1.29, 1.82) is 0 Å². The van der Waals surface area contributed by atoms with E-state index in [-0.39, 0.29) is 4.21 Å². The summed E-state index contributed by atoms with van der Waals surface area (Å²) in [6.45, 7) is 0. The molecule has 7 heteroatoms. The minimum atomic E-state index is -3.64. The predicted molar refractivity (Wildman–Crippen MR) is 89.8 cm³/mol. The largest absolute Gasteiger partial charge is 0.497 e. The monoisotopic (exact) mass is 349 g/mol. The number of aromatic nitrogens is 1. The molecule has 0 spiro atoms. The highest BCUT2D eigenvalue weighted by Crippen LogP contribution is 2.30. The average molecular weight is 349 g/mol. The van der Waals surface area contributed by atoms with Gasteiger partial charge in [-0.1, -0.05) is 6.07 Å². The lowest BCUT2D eigenvalue weighted by molar-refractivity contribution is -0.107. The number of nitrogens with zero attached hydrogens (tertiary/aromatic N) is 1. The third-order valence-corrected chi connectivity index (χ3v) is 6.65. The Bertz CT molecular complexity index is 940. The molecule has 3 aromatic rings. The van der Waals surface area contributed by atoms with Crippen molar-refractivity contribution < 1.29 is 17.9 Å². The molecular weight excluding hydrogens is 334 g/mol. The van der Waals surface area contributed by atoms with E-state index in [4.69, 9.17) is 4.74 Å². The average Bonchev–Trinajstić information content (AvgIpc) is 3.21. The number of fused-ring (bicyclic) bond motifs is 1. The molecule has 0 unspecified atom stereocenters. The molecule has 0 aliphatic rings. The van der Waals surface area contributed by atoms with Crippen molar-refractivity contribution in [1.82, 2.24) is 3.97 Å². The van der Waals surface area contributed by atoms with Crippen molar-refractivity contribution in [2.24, 2.45) is 0 Å². The van der Waals surface area contributed by atoms with Crippen LogP contribution in [0.5, 0.6) is 5.75 Å². The first-order chi connectivity index (χ1) is 11.1. The van der Waals surface area contributed by atoms with Gasteiger partial charge in [0, 0.05) is 18.0 Å². The summed E-state index contributed by atoms with van der Waals surface area (Å²) in [7, 11) is -2.08.